The van der Waals surface area contributed by atoms with Crippen LogP contribution in [0.2, 0.25) is 0 Å². The summed E-state index contributed by atoms with van der Waals surface area (Å²) in [5.74, 6) is 3.28. The van der Waals surface area contributed by atoms with Crippen LogP contribution < -0.4 is 0 Å². The third-order valence-corrected chi connectivity index (χ3v) is 11.1. The number of allylic oxidation sites excluding steroid dienone is 4. The highest BCUT2D eigenvalue weighted by Crippen LogP contribution is 2.60. The molecule has 0 spiro atoms. The van der Waals surface area contributed by atoms with Crippen molar-refractivity contribution >= 4 is 5.97 Å². The zero-order valence-electron chi connectivity index (χ0n) is 27.9. The molecule has 1 unspecified atom stereocenters. The lowest BCUT2D eigenvalue weighted by Crippen LogP contribution is -2.36. The van der Waals surface area contributed by atoms with Gasteiger partial charge in [0.15, 0.2) is 0 Å². The smallest absolute Gasteiger partial charge is 0.306 e. The van der Waals surface area contributed by atoms with Gasteiger partial charge in [0.05, 0.1) is 0 Å². The average molecular weight is 567 g/mol. The van der Waals surface area contributed by atoms with Crippen molar-refractivity contribution in [3.8, 4) is 0 Å². The van der Waals surface area contributed by atoms with Crippen molar-refractivity contribution in [2.45, 2.75) is 176 Å². The number of unbranched alkanes of at least 4 members (excludes halogenated alkanes) is 8. The van der Waals surface area contributed by atoms with Gasteiger partial charge < -0.3 is 4.74 Å². The van der Waals surface area contributed by atoms with Crippen LogP contribution in [0.15, 0.2) is 35.5 Å². The Kier molecular flexibility index (Phi) is 14.8. The van der Waals surface area contributed by atoms with E-state index in [9.17, 15) is 4.79 Å². The summed E-state index contributed by atoms with van der Waals surface area (Å²) in [4.78, 5) is 12.6. The molecule has 0 heterocycles. The Morgan fingerprint density at radius 1 is 0.927 bits per heavy atom. The van der Waals surface area contributed by atoms with E-state index >= 15 is 0 Å². The van der Waals surface area contributed by atoms with Crippen LogP contribution in [0.5, 0.6) is 0 Å². The number of ether oxygens (including phenoxy) is 1. The van der Waals surface area contributed by atoms with E-state index in [0.717, 1.165) is 55.8 Å². The van der Waals surface area contributed by atoms with Crippen LogP contribution in [0.4, 0.5) is 0 Å². The summed E-state index contributed by atoms with van der Waals surface area (Å²) >= 11 is 0. The highest BCUT2D eigenvalue weighted by atomic mass is 16.5. The van der Waals surface area contributed by atoms with E-state index in [1.165, 1.54) is 107 Å². The van der Waals surface area contributed by atoms with Crippen molar-refractivity contribution in [1.82, 2.24) is 0 Å². The van der Waals surface area contributed by atoms with Crippen LogP contribution in [0.1, 0.15) is 169 Å². The van der Waals surface area contributed by atoms with Gasteiger partial charge in [-0.25, -0.2) is 0 Å². The summed E-state index contributed by atoms with van der Waals surface area (Å²) in [6.07, 6.45) is 30.5. The van der Waals surface area contributed by atoms with Crippen molar-refractivity contribution in [1.29, 1.82) is 0 Å². The molecular formula is C39H66O2. The number of hydrogen-bond acceptors (Lipinski definition) is 2. The second-order valence-corrected chi connectivity index (χ2v) is 14.9. The molecule has 0 amide bonds. The molecule has 3 aliphatic carbocycles. The van der Waals surface area contributed by atoms with Gasteiger partial charge >= 0.3 is 5.97 Å². The molecule has 0 bridgehead atoms. The fourth-order valence-electron chi connectivity index (χ4n) is 8.57. The summed E-state index contributed by atoms with van der Waals surface area (Å²) in [6, 6.07) is 0. The van der Waals surface area contributed by atoms with Gasteiger partial charge in [-0.3, -0.25) is 4.79 Å². The minimum atomic E-state index is 0.00530. The molecule has 2 nitrogen and oxygen atoms in total. The predicted octanol–water partition coefficient (Wildman–Crippen LogP) is 12.1. The molecule has 3 saturated carbocycles. The highest BCUT2D eigenvalue weighted by Gasteiger charge is 2.50. The minimum Gasteiger partial charge on any atom is -0.462 e. The molecule has 234 valence electrons. The van der Waals surface area contributed by atoms with Gasteiger partial charge in [-0.2, -0.15) is 0 Å². The zero-order chi connectivity index (χ0) is 29.7. The molecule has 5 atom stereocenters. The first kappa shape index (κ1) is 34.2. The zero-order valence-corrected chi connectivity index (χ0v) is 27.9. The normalized spacial score (nSPS) is 29.3. The maximum absolute atomic E-state index is 12.6. The minimum absolute atomic E-state index is 0.00530. The third kappa shape index (κ3) is 10.7. The first-order chi connectivity index (χ1) is 19.7. The molecule has 0 aromatic heterocycles. The van der Waals surface area contributed by atoms with Crippen molar-refractivity contribution in [3.63, 3.8) is 0 Å². The van der Waals surface area contributed by atoms with E-state index in [1.807, 2.05) is 0 Å². The Balaban J connectivity index is 1.47. The molecule has 3 aliphatic rings. The van der Waals surface area contributed by atoms with Gasteiger partial charge in [-0.15, -0.1) is 0 Å². The van der Waals surface area contributed by atoms with Gasteiger partial charge in [0.25, 0.3) is 0 Å². The number of rotatable bonds is 17. The molecule has 0 aromatic carbocycles. The fraction of sp³-hybridized carbons (Fsp3) is 0.821. The predicted molar refractivity (Wildman–Crippen MR) is 177 cm³/mol. The Bertz CT molecular complexity index is 863. The second-order valence-electron chi connectivity index (χ2n) is 14.9. The van der Waals surface area contributed by atoms with Gasteiger partial charge in [-0.05, 0) is 86.0 Å². The van der Waals surface area contributed by atoms with E-state index in [-0.39, 0.29) is 12.1 Å². The molecule has 0 saturated heterocycles. The SMILES string of the molecule is C=C1CC[C@H](OC(=O)CCCCCCCCCCC)CC1=CC=C1CCC[C@@]2(C)C1CC[C@@H]2[C@H](C)CCCC(C)C. The van der Waals surface area contributed by atoms with Crippen LogP contribution in [0.25, 0.3) is 0 Å². The Morgan fingerprint density at radius 3 is 2.34 bits per heavy atom. The van der Waals surface area contributed by atoms with Crippen LogP contribution in [0.3, 0.4) is 0 Å². The number of carbonyl (C=O) groups is 1. The van der Waals surface area contributed by atoms with E-state index in [0.29, 0.717) is 11.8 Å². The van der Waals surface area contributed by atoms with Crippen molar-refractivity contribution in [3.05, 3.63) is 35.5 Å². The molecule has 41 heavy (non-hydrogen) atoms. The Hall–Kier alpha value is -1.31. The highest BCUT2D eigenvalue weighted by molar-refractivity contribution is 5.69. The lowest BCUT2D eigenvalue weighted by molar-refractivity contribution is -0.149. The monoisotopic (exact) mass is 567 g/mol. The fourth-order valence-corrected chi connectivity index (χ4v) is 8.57. The number of hydrogen-bond donors (Lipinski definition) is 0. The first-order valence-electron chi connectivity index (χ1n) is 18.0. The second kappa shape index (κ2) is 17.7. The van der Waals surface area contributed by atoms with Gasteiger partial charge in [0, 0.05) is 12.8 Å². The van der Waals surface area contributed by atoms with E-state index in [1.54, 1.807) is 5.57 Å². The number of esters is 1. The van der Waals surface area contributed by atoms with Gasteiger partial charge in [-0.1, -0.05) is 135 Å². The molecule has 0 N–H and O–H groups in total. The molecule has 3 rings (SSSR count). The molecular weight excluding hydrogens is 500 g/mol. The Labute approximate surface area is 255 Å². The summed E-state index contributed by atoms with van der Waals surface area (Å²) < 4.78 is 5.96. The standard InChI is InChI=1S/C39H66O2/c1-7-8-9-10-11-12-13-14-15-21-38(40)41-35-25-22-31(4)34(29-35)24-23-33-20-17-28-39(6)36(26-27-37(33)39)32(5)19-16-18-30(2)3/h23-24,30,32,35-37H,4,7-22,25-29H2,1-3,5-6H3/t32-,35+,36-,37?,39-/m1/s1. The summed E-state index contributed by atoms with van der Waals surface area (Å²) in [6.45, 7) is 16.5. The average Bonchev–Trinajstić information content (AvgIpc) is 3.29. The largest absolute Gasteiger partial charge is 0.462 e. The van der Waals surface area contributed by atoms with E-state index in [2.05, 4.69) is 53.3 Å². The maximum atomic E-state index is 12.6. The summed E-state index contributed by atoms with van der Waals surface area (Å²) in [5.41, 5.74) is 4.71. The summed E-state index contributed by atoms with van der Waals surface area (Å²) in [7, 11) is 0. The van der Waals surface area contributed by atoms with Crippen LogP contribution in [0, 0.1) is 29.1 Å². The molecule has 0 radical (unpaired) electrons. The quantitative estimate of drug-likeness (QED) is 0.129. The van der Waals surface area contributed by atoms with Crippen LogP contribution in [-0.2, 0) is 9.53 Å². The molecule has 3 fully saturated rings. The van der Waals surface area contributed by atoms with Crippen LogP contribution >= 0.6 is 0 Å². The van der Waals surface area contributed by atoms with Gasteiger partial charge in [0.1, 0.15) is 6.10 Å². The number of fused-ring (bicyclic) bond motifs is 1. The number of carbonyl (C=O) groups excluding carboxylic acids is 1. The van der Waals surface area contributed by atoms with Crippen molar-refractivity contribution in [2.75, 3.05) is 0 Å². The molecule has 0 aromatic rings. The van der Waals surface area contributed by atoms with Crippen LogP contribution in [-0.4, -0.2) is 12.1 Å². The maximum Gasteiger partial charge on any atom is 0.306 e. The van der Waals surface area contributed by atoms with Gasteiger partial charge in [0.2, 0.25) is 0 Å². The van der Waals surface area contributed by atoms with Crippen molar-refractivity contribution < 1.29 is 9.53 Å². The third-order valence-electron chi connectivity index (χ3n) is 11.1. The molecule has 0 aliphatic heterocycles. The first-order valence-corrected chi connectivity index (χ1v) is 18.0. The topological polar surface area (TPSA) is 26.3 Å². The molecule has 2 heteroatoms. The van der Waals surface area contributed by atoms with E-state index in [4.69, 9.17) is 4.74 Å². The lowest BCUT2D eigenvalue weighted by Gasteiger charge is -2.44. The lowest BCUT2D eigenvalue weighted by atomic mass is 9.60. The Morgan fingerprint density at radius 2 is 1.63 bits per heavy atom. The van der Waals surface area contributed by atoms with E-state index < -0.39 is 0 Å². The summed E-state index contributed by atoms with van der Waals surface area (Å²) in [5, 5.41) is 0. The van der Waals surface area contributed by atoms with Crippen molar-refractivity contribution in [2.24, 2.45) is 29.1 Å².